The highest BCUT2D eigenvalue weighted by Gasteiger charge is 2.09. The van der Waals surface area contributed by atoms with Crippen molar-refractivity contribution in [1.29, 1.82) is 0 Å². The van der Waals surface area contributed by atoms with Gasteiger partial charge in [-0.2, -0.15) is 0 Å². The standard InChI is InChI=1S/C15H12N2O4/c18-15(19)16-14-12-7-6-11(8-13(12)21-17-14)20-9-10-4-2-1-3-5-10/h1-8H,9H2,(H,16,17)(H,18,19)/p-1. The van der Waals surface area contributed by atoms with Crippen LogP contribution < -0.4 is 15.2 Å². The number of nitrogens with one attached hydrogen (secondary N) is 1. The van der Waals surface area contributed by atoms with E-state index in [1.165, 1.54) is 0 Å². The van der Waals surface area contributed by atoms with Gasteiger partial charge < -0.3 is 24.5 Å². The molecule has 106 valence electrons. The van der Waals surface area contributed by atoms with Gasteiger partial charge in [0.2, 0.25) is 0 Å². The summed E-state index contributed by atoms with van der Waals surface area (Å²) in [6.45, 7) is 0.435. The minimum atomic E-state index is -1.44. The molecule has 0 aliphatic heterocycles. The van der Waals surface area contributed by atoms with Gasteiger partial charge in [-0.05, 0) is 17.7 Å². The Morgan fingerprint density at radius 1 is 1.24 bits per heavy atom. The number of fused-ring (bicyclic) bond motifs is 1. The van der Waals surface area contributed by atoms with E-state index in [-0.39, 0.29) is 5.82 Å². The molecule has 0 saturated carbocycles. The normalized spacial score (nSPS) is 10.5. The molecule has 1 aromatic heterocycles. The number of hydrogen-bond acceptors (Lipinski definition) is 5. The van der Waals surface area contributed by atoms with E-state index in [4.69, 9.17) is 9.26 Å². The number of aromatic nitrogens is 1. The van der Waals surface area contributed by atoms with Crippen molar-refractivity contribution in [2.24, 2.45) is 0 Å². The highest BCUT2D eigenvalue weighted by molar-refractivity contribution is 5.95. The van der Waals surface area contributed by atoms with Crippen LogP contribution >= 0.6 is 0 Å². The molecule has 6 heteroatoms. The Bertz CT molecular complexity index is 768. The third-order valence-electron chi connectivity index (χ3n) is 2.91. The molecule has 1 heterocycles. The molecule has 0 aliphatic carbocycles. The molecule has 0 saturated heterocycles. The smallest absolute Gasteiger partial charge is 0.182 e. The van der Waals surface area contributed by atoms with Crippen molar-refractivity contribution >= 4 is 22.9 Å². The van der Waals surface area contributed by atoms with E-state index in [2.05, 4.69) is 10.5 Å². The van der Waals surface area contributed by atoms with E-state index >= 15 is 0 Å². The number of anilines is 1. The van der Waals surface area contributed by atoms with Crippen LogP contribution in [-0.2, 0) is 6.61 Å². The first-order valence-corrected chi connectivity index (χ1v) is 6.26. The number of carbonyl (C=O) groups excluding carboxylic acids is 1. The van der Waals surface area contributed by atoms with Gasteiger partial charge in [-0.15, -0.1) is 0 Å². The fraction of sp³-hybridized carbons (Fsp3) is 0.0667. The van der Waals surface area contributed by atoms with Crippen molar-refractivity contribution < 1.29 is 19.2 Å². The highest BCUT2D eigenvalue weighted by atomic mass is 16.5. The van der Waals surface area contributed by atoms with E-state index in [9.17, 15) is 9.90 Å². The number of ether oxygens (including phenoxy) is 1. The monoisotopic (exact) mass is 283 g/mol. The number of amides is 1. The maximum atomic E-state index is 10.5. The second-order valence-corrected chi connectivity index (χ2v) is 4.38. The van der Waals surface area contributed by atoms with Crippen LogP contribution in [0.5, 0.6) is 5.75 Å². The zero-order valence-corrected chi connectivity index (χ0v) is 10.9. The first-order valence-electron chi connectivity index (χ1n) is 6.26. The van der Waals surface area contributed by atoms with Gasteiger partial charge in [-0.25, -0.2) is 0 Å². The summed E-state index contributed by atoms with van der Waals surface area (Å²) in [5, 5.41) is 16.8. The van der Waals surface area contributed by atoms with Crippen molar-refractivity contribution in [3.63, 3.8) is 0 Å². The molecule has 0 radical (unpaired) electrons. The average molecular weight is 283 g/mol. The van der Waals surface area contributed by atoms with E-state index in [0.29, 0.717) is 23.3 Å². The number of hydrogen-bond donors (Lipinski definition) is 1. The fourth-order valence-electron chi connectivity index (χ4n) is 1.94. The summed E-state index contributed by atoms with van der Waals surface area (Å²) in [6.07, 6.45) is -1.44. The second-order valence-electron chi connectivity index (χ2n) is 4.38. The lowest BCUT2D eigenvalue weighted by Crippen LogP contribution is -2.28. The van der Waals surface area contributed by atoms with Crippen molar-refractivity contribution in [1.82, 2.24) is 5.16 Å². The zero-order chi connectivity index (χ0) is 14.7. The van der Waals surface area contributed by atoms with Crippen LogP contribution in [0.1, 0.15) is 5.56 Å². The van der Waals surface area contributed by atoms with Crippen LogP contribution in [-0.4, -0.2) is 11.2 Å². The van der Waals surface area contributed by atoms with E-state index in [1.54, 1.807) is 18.2 Å². The molecule has 0 spiro atoms. The van der Waals surface area contributed by atoms with Crippen molar-refractivity contribution in [2.75, 3.05) is 5.32 Å². The van der Waals surface area contributed by atoms with E-state index < -0.39 is 6.09 Å². The van der Waals surface area contributed by atoms with Crippen LogP contribution in [0.3, 0.4) is 0 Å². The summed E-state index contributed by atoms with van der Waals surface area (Å²) < 4.78 is 10.7. The van der Waals surface area contributed by atoms with E-state index in [0.717, 1.165) is 5.56 Å². The Kier molecular flexibility index (Phi) is 3.42. The maximum Gasteiger partial charge on any atom is 0.182 e. The first-order chi connectivity index (χ1) is 10.2. The molecule has 0 bridgehead atoms. The second kappa shape index (κ2) is 5.54. The molecule has 0 aliphatic rings. The Morgan fingerprint density at radius 2 is 2.05 bits per heavy atom. The number of carboxylic acid groups (broad SMARTS) is 1. The third kappa shape index (κ3) is 2.94. The van der Waals surface area contributed by atoms with Gasteiger partial charge in [-0.3, -0.25) is 0 Å². The minimum absolute atomic E-state index is 0.111. The Morgan fingerprint density at radius 3 is 2.81 bits per heavy atom. The van der Waals surface area contributed by atoms with Gasteiger partial charge in [0, 0.05) is 6.07 Å². The quantitative estimate of drug-likeness (QED) is 0.792. The zero-order valence-electron chi connectivity index (χ0n) is 10.9. The molecule has 2 aromatic carbocycles. The Hall–Kier alpha value is -3.02. The summed E-state index contributed by atoms with van der Waals surface area (Å²) in [5.41, 5.74) is 1.48. The predicted octanol–water partition coefficient (Wildman–Crippen LogP) is 2.16. The number of nitrogens with zero attached hydrogens (tertiary/aromatic N) is 1. The molecule has 21 heavy (non-hydrogen) atoms. The van der Waals surface area contributed by atoms with Crippen LogP contribution in [0.25, 0.3) is 11.0 Å². The molecule has 0 atom stereocenters. The molecule has 1 amide bonds. The van der Waals surface area contributed by atoms with Gasteiger partial charge in [0.05, 0.1) is 5.39 Å². The van der Waals surface area contributed by atoms with Gasteiger partial charge in [0.15, 0.2) is 11.4 Å². The summed E-state index contributed by atoms with van der Waals surface area (Å²) in [4.78, 5) is 10.5. The summed E-state index contributed by atoms with van der Waals surface area (Å²) in [6, 6.07) is 14.8. The van der Waals surface area contributed by atoms with Crippen LogP contribution in [0, 0.1) is 0 Å². The molecule has 3 rings (SSSR count). The van der Waals surface area contributed by atoms with Crippen LogP contribution in [0.2, 0.25) is 0 Å². The molecule has 6 nitrogen and oxygen atoms in total. The number of carbonyl (C=O) groups is 1. The van der Waals surface area contributed by atoms with Crippen molar-refractivity contribution in [3.8, 4) is 5.75 Å². The van der Waals surface area contributed by atoms with Gasteiger partial charge in [0.1, 0.15) is 18.4 Å². The topological polar surface area (TPSA) is 87.4 Å². The SMILES string of the molecule is O=C([O-])Nc1noc2cc(OCc3ccccc3)ccc12. The molecular formula is C15H11N2O4-. The molecule has 0 fully saturated rings. The largest absolute Gasteiger partial charge is 0.530 e. The molecular weight excluding hydrogens is 272 g/mol. The average Bonchev–Trinajstić information content (AvgIpc) is 2.88. The predicted molar refractivity (Wildman–Crippen MR) is 73.8 cm³/mol. The van der Waals surface area contributed by atoms with Crippen LogP contribution in [0.4, 0.5) is 10.6 Å². The lowest BCUT2D eigenvalue weighted by molar-refractivity contribution is -0.242. The third-order valence-corrected chi connectivity index (χ3v) is 2.91. The van der Waals surface area contributed by atoms with Crippen LogP contribution in [0.15, 0.2) is 53.1 Å². The molecule has 0 unspecified atom stereocenters. The van der Waals surface area contributed by atoms with Gasteiger partial charge >= 0.3 is 0 Å². The van der Waals surface area contributed by atoms with Crippen molar-refractivity contribution in [3.05, 3.63) is 54.1 Å². The summed E-state index contributed by atoms with van der Waals surface area (Å²) in [5.74, 6) is 0.724. The van der Waals surface area contributed by atoms with E-state index in [1.807, 2.05) is 30.3 Å². The van der Waals surface area contributed by atoms with Gasteiger partial charge in [0.25, 0.3) is 0 Å². The summed E-state index contributed by atoms with van der Waals surface area (Å²) >= 11 is 0. The van der Waals surface area contributed by atoms with Gasteiger partial charge in [-0.1, -0.05) is 35.5 Å². The minimum Gasteiger partial charge on any atom is -0.530 e. The molecule has 1 N–H and O–H groups in total. The number of rotatable bonds is 4. The Balaban J connectivity index is 1.77. The lowest BCUT2D eigenvalue weighted by atomic mass is 10.2. The first kappa shape index (κ1) is 13.0. The van der Waals surface area contributed by atoms with Crippen molar-refractivity contribution in [2.45, 2.75) is 6.61 Å². The Labute approximate surface area is 119 Å². The lowest BCUT2D eigenvalue weighted by Gasteiger charge is -2.06. The fourth-order valence-corrected chi connectivity index (χ4v) is 1.94. The summed E-state index contributed by atoms with van der Waals surface area (Å²) in [7, 11) is 0. The highest BCUT2D eigenvalue weighted by Crippen LogP contribution is 2.27. The maximum absolute atomic E-state index is 10.5. The molecule has 3 aromatic rings. The number of benzene rings is 2.